The minimum Gasteiger partial charge on any atom is -0.468 e. The predicted molar refractivity (Wildman–Crippen MR) is 44.1 cm³/mol. The largest absolute Gasteiger partial charge is 0.468 e. The van der Waals surface area contributed by atoms with E-state index < -0.39 is 0 Å². The monoisotopic (exact) mass is 171 g/mol. The van der Waals surface area contributed by atoms with E-state index >= 15 is 0 Å². The summed E-state index contributed by atoms with van der Waals surface area (Å²) in [6, 6.07) is 1.89. The molecule has 0 saturated carbocycles. The van der Waals surface area contributed by atoms with Crippen molar-refractivity contribution >= 4 is 17.7 Å². The Morgan fingerprint density at radius 1 is 1.73 bits per heavy atom. The predicted octanol–water partition coefficient (Wildman–Crippen LogP) is 0.972. The van der Waals surface area contributed by atoms with Gasteiger partial charge in [0.25, 0.3) is 0 Å². The van der Waals surface area contributed by atoms with Crippen LogP contribution in [0, 0.1) is 11.3 Å². The van der Waals surface area contributed by atoms with Crippen molar-refractivity contribution in [2.24, 2.45) is 0 Å². The van der Waals surface area contributed by atoms with Crippen LogP contribution in [0.1, 0.15) is 0 Å². The molecule has 0 aliphatic heterocycles. The third kappa shape index (κ3) is 5.49. The van der Waals surface area contributed by atoms with E-state index in [1.165, 1.54) is 18.9 Å². The minimum atomic E-state index is -0.277. The van der Waals surface area contributed by atoms with Crippen molar-refractivity contribution in [2.75, 3.05) is 18.6 Å². The van der Waals surface area contributed by atoms with Crippen LogP contribution in [0.25, 0.3) is 0 Å². The van der Waals surface area contributed by atoms with Crippen LogP contribution in [-0.2, 0) is 9.53 Å². The lowest BCUT2D eigenvalue weighted by Crippen LogP contribution is -2.03. The molecule has 11 heavy (non-hydrogen) atoms. The molecular formula is C7H9NO2S. The summed E-state index contributed by atoms with van der Waals surface area (Å²) in [5.41, 5.74) is 0.471. The second-order valence-corrected chi connectivity index (χ2v) is 2.77. The summed E-state index contributed by atoms with van der Waals surface area (Å²) in [5, 5.41) is 8.28. The molecule has 0 aliphatic carbocycles. The summed E-state index contributed by atoms with van der Waals surface area (Å²) in [6.07, 6.45) is 0. The number of carbonyl (C=O) groups excluding carboxylic acids is 1. The first-order valence-corrected chi connectivity index (χ1v) is 4.08. The molecule has 0 aromatic heterocycles. The number of nitriles is 1. The van der Waals surface area contributed by atoms with E-state index in [1.54, 1.807) is 0 Å². The van der Waals surface area contributed by atoms with E-state index in [4.69, 9.17) is 5.26 Å². The third-order valence-electron chi connectivity index (χ3n) is 0.882. The summed E-state index contributed by atoms with van der Waals surface area (Å²) < 4.78 is 4.39. The Morgan fingerprint density at radius 3 is 2.82 bits per heavy atom. The van der Waals surface area contributed by atoms with Gasteiger partial charge in [-0.15, -0.1) is 11.8 Å². The van der Waals surface area contributed by atoms with Crippen molar-refractivity contribution in [2.45, 2.75) is 0 Å². The summed E-state index contributed by atoms with van der Waals surface area (Å²) in [7, 11) is 1.34. The fourth-order valence-corrected chi connectivity index (χ4v) is 1.05. The van der Waals surface area contributed by atoms with Gasteiger partial charge in [0.15, 0.2) is 0 Å². The van der Waals surface area contributed by atoms with Crippen molar-refractivity contribution in [1.82, 2.24) is 0 Å². The highest BCUT2D eigenvalue weighted by molar-refractivity contribution is 8.00. The number of nitrogens with zero attached hydrogens (tertiary/aromatic N) is 1. The molecule has 0 bridgehead atoms. The molecule has 0 amide bonds. The molecule has 0 unspecified atom stereocenters. The number of thioether (sulfide) groups is 1. The summed E-state index contributed by atoms with van der Waals surface area (Å²) in [6.45, 7) is 3.46. The van der Waals surface area contributed by atoms with Gasteiger partial charge in [0.05, 0.1) is 18.9 Å². The number of hydrogen-bond donors (Lipinski definition) is 0. The second kappa shape index (κ2) is 5.81. The van der Waals surface area contributed by atoms with E-state index in [9.17, 15) is 4.79 Å². The molecule has 0 radical (unpaired) electrons. The van der Waals surface area contributed by atoms with Gasteiger partial charge in [-0.05, 0) is 0 Å². The van der Waals surface area contributed by atoms with Crippen molar-refractivity contribution in [3.63, 3.8) is 0 Å². The second-order valence-electron chi connectivity index (χ2n) is 1.78. The SMILES string of the molecule is C=C(C#N)CSCC(=O)OC. The Kier molecular flexibility index (Phi) is 5.30. The number of carbonyl (C=O) groups is 1. The van der Waals surface area contributed by atoms with Gasteiger partial charge in [-0.1, -0.05) is 6.58 Å². The van der Waals surface area contributed by atoms with Crippen LogP contribution in [-0.4, -0.2) is 24.6 Å². The van der Waals surface area contributed by atoms with Crippen LogP contribution in [0.5, 0.6) is 0 Å². The molecule has 0 fully saturated rings. The Balaban J connectivity index is 3.36. The van der Waals surface area contributed by atoms with Crippen LogP contribution in [0.4, 0.5) is 0 Å². The average molecular weight is 171 g/mol. The Labute approximate surface area is 70.0 Å². The molecule has 0 saturated heterocycles. The van der Waals surface area contributed by atoms with E-state index in [0.717, 1.165) is 0 Å². The highest BCUT2D eigenvalue weighted by atomic mass is 32.2. The molecule has 0 aliphatic rings. The van der Waals surface area contributed by atoms with Crippen LogP contribution in [0.15, 0.2) is 12.2 Å². The van der Waals surface area contributed by atoms with Crippen LogP contribution in [0.2, 0.25) is 0 Å². The number of ether oxygens (including phenoxy) is 1. The smallest absolute Gasteiger partial charge is 0.315 e. The standard InChI is InChI=1S/C7H9NO2S/c1-6(3-8)4-11-5-7(9)10-2/h1,4-5H2,2H3. The highest BCUT2D eigenvalue weighted by Crippen LogP contribution is 2.04. The number of methoxy groups -OCH3 is 1. The lowest BCUT2D eigenvalue weighted by Gasteiger charge is -1.96. The van der Waals surface area contributed by atoms with Gasteiger partial charge in [-0.3, -0.25) is 4.79 Å². The van der Waals surface area contributed by atoms with Gasteiger partial charge in [0.1, 0.15) is 0 Å². The summed E-state index contributed by atoms with van der Waals surface area (Å²) in [4.78, 5) is 10.5. The van der Waals surface area contributed by atoms with Crippen molar-refractivity contribution in [3.05, 3.63) is 12.2 Å². The molecular weight excluding hydrogens is 162 g/mol. The minimum absolute atomic E-state index is 0.275. The Hall–Kier alpha value is -0.950. The first-order chi connectivity index (χ1) is 5.20. The lowest BCUT2D eigenvalue weighted by atomic mass is 10.4. The molecule has 0 heterocycles. The molecule has 0 spiro atoms. The fraction of sp³-hybridized carbons (Fsp3) is 0.429. The summed E-state index contributed by atoms with van der Waals surface area (Å²) >= 11 is 1.32. The number of esters is 1. The van der Waals surface area contributed by atoms with Gasteiger partial charge in [-0.25, -0.2) is 0 Å². The van der Waals surface area contributed by atoms with Crippen molar-refractivity contribution in [1.29, 1.82) is 5.26 Å². The average Bonchev–Trinajstić information content (AvgIpc) is 2.04. The molecule has 0 aromatic rings. The Bertz CT molecular complexity index is 195. The van der Waals surface area contributed by atoms with E-state index in [0.29, 0.717) is 11.3 Å². The third-order valence-corrected chi connectivity index (χ3v) is 1.87. The zero-order chi connectivity index (χ0) is 8.69. The topological polar surface area (TPSA) is 50.1 Å². The van der Waals surface area contributed by atoms with Crippen molar-refractivity contribution < 1.29 is 9.53 Å². The maximum Gasteiger partial charge on any atom is 0.315 e. The maximum absolute atomic E-state index is 10.5. The van der Waals surface area contributed by atoms with Crippen molar-refractivity contribution in [3.8, 4) is 6.07 Å². The van der Waals surface area contributed by atoms with Gasteiger partial charge < -0.3 is 4.74 Å². The van der Waals surface area contributed by atoms with Gasteiger partial charge >= 0.3 is 5.97 Å². The number of rotatable bonds is 4. The zero-order valence-electron chi connectivity index (χ0n) is 6.29. The van der Waals surface area contributed by atoms with Crippen LogP contribution in [0.3, 0.4) is 0 Å². The molecule has 0 atom stereocenters. The quantitative estimate of drug-likeness (QED) is 0.467. The van der Waals surface area contributed by atoms with Crippen LogP contribution >= 0.6 is 11.8 Å². The lowest BCUT2D eigenvalue weighted by molar-refractivity contribution is -0.137. The normalized spacial score (nSPS) is 8.36. The van der Waals surface area contributed by atoms with Gasteiger partial charge in [0.2, 0.25) is 0 Å². The van der Waals surface area contributed by atoms with E-state index in [1.807, 2.05) is 6.07 Å². The Morgan fingerprint density at radius 2 is 2.36 bits per heavy atom. The van der Waals surface area contributed by atoms with E-state index in [-0.39, 0.29) is 11.7 Å². The molecule has 0 N–H and O–H groups in total. The molecule has 3 nitrogen and oxygen atoms in total. The zero-order valence-corrected chi connectivity index (χ0v) is 7.11. The molecule has 0 rings (SSSR count). The van der Waals surface area contributed by atoms with E-state index in [2.05, 4.69) is 11.3 Å². The van der Waals surface area contributed by atoms with Gasteiger partial charge in [0, 0.05) is 11.3 Å². The fourth-order valence-electron chi connectivity index (χ4n) is 0.349. The molecule has 60 valence electrons. The van der Waals surface area contributed by atoms with Gasteiger partial charge in [-0.2, -0.15) is 5.26 Å². The highest BCUT2D eigenvalue weighted by Gasteiger charge is 1.99. The van der Waals surface area contributed by atoms with Crippen LogP contribution < -0.4 is 0 Å². The number of hydrogen-bond acceptors (Lipinski definition) is 4. The first-order valence-electron chi connectivity index (χ1n) is 2.93. The molecule has 4 heteroatoms. The first kappa shape index (κ1) is 10.0. The maximum atomic E-state index is 10.5. The molecule has 0 aromatic carbocycles. The summed E-state index contributed by atoms with van der Waals surface area (Å²) in [5.74, 6) is 0.490.